The molecule has 2 N–H and O–H groups in total. The molecule has 1 aromatic heterocycles. The number of fused-ring (bicyclic) bond motifs is 3. The van der Waals surface area contributed by atoms with Crippen molar-refractivity contribution in [2.75, 3.05) is 7.11 Å². The zero-order valence-corrected chi connectivity index (χ0v) is 15.0. The van der Waals surface area contributed by atoms with Crippen LogP contribution < -0.4 is 14.9 Å². The van der Waals surface area contributed by atoms with Crippen molar-refractivity contribution in [1.82, 2.24) is 4.57 Å². The van der Waals surface area contributed by atoms with E-state index in [-0.39, 0.29) is 28.1 Å². The minimum atomic E-state index is -0.515. The van der Waals surface area contributed by atoms with Crippen molar-refractivity contribution in [1.29, 1.82) is 0 Å². The van der Waals surface area contributed by atoms with E-state index in [0.29, 0.717) is 27.7 Å². The summed E-state index contributed by atoms with van der Waals surface area (Å²) in [5.41, 5.74) is 0.589. The smallest absolute Gasteiger partial charge is 0.201 e. The number of hydrogen-bond donors (Lipinski definition) is 2. The Morgan fingerprint density at radius 3 is 2.65 bits per heavy atom. The number of benzene rings is 2. The number of ether oxygens (including phenoxy) is 2. The molecule has 134 valence electrons. The van der Waals surface area contributed by atoms with Gasteiger partial charge in [-0.3, -0.25) is 4.79 Å². The zero-order valence-electron chi connectivity index (χ0n) is 15.0. The Labute approximate surface area is 149 Å². The van der Waals surface area contributed by atoms with Crippen LogP contribution in [-0.2, 0) is 7.05 Å². The van der Waals surface area contributed by atoms with E-state index in [1.165, 1.54) is 19.2 Å². The third-order valence-corrected chi connectivity index (χ3v) is 4.79. The normalized spacial score (nSPS) is 15.1. The summed E-state index contributed by atoms with van der Waals surface area (Å²) in [5.74, 6) is 0.536. The molecule has 0 spiro atoms. The second kappa shape index (κ2) is 5.17. The van der Waals surface area contributed by atoms with Crippen molar-refractivity contribution < 1.29 is 19.7 Å². The van der Waals surface area contributed by atoms with Crippen LogP contribution in [0.3, 0.4) is 0 Å². The van der Waals surface area contributed by atoms with E-state index < -0.39 is 5.60 Å². The van der Waals surface area contributed by atoms with Gasteiger partial charge in [-0.15, -0.1) is 0 Å². The molecule has 0 fully saturated rings. The average Bonchev–Trinajstić information content (AvgIpc) is 2.58. The number of nitrogens with zero attached hydrogens (tertiary/aromatic N) is 1. The highest BCUT2D eigenvalue weighted by molar-refractivity contribution is 6.02. The van der Waals surface area contributed by atoms with Crippen LogP contribution in [0.5, 0.6) is 23.0 Å². The number of aryl methyl sites for hydroxylation is 1. The van der Waals surface area contributed by atoms with Crippen LogP contribution in [0.25, 0.3) is 27.9 Å². The number of rotatable bonds is 1. The molecular formula is C20H19NO5. The van der Waals surface area contributed by atoms with Crippen LogP contribution >= 0.6 is 0 Å². The molecule has 4 rings (SSSR count). The molecule has 1 aliphatic heterocycles. The van der Waals surface area contributed by atoms with Gasteiger partial charge in [-0.05, 0) is 38.1 Å². The van der Waals surface area contributed by atoms with Crippen LogP contribution in [0.1, 0.15) is 19.4 Å². The summed E-state index contributed by atoms with van der Waals surface area (Å²) in [7, 11) is 3.19. The van der Waals surface area contributed by atoms with E-state index >= 15 is 0 Å². The molecule has 3 aromatic rings. The molecule has 0 saturated heterocycles. The predicted molar refractivity (Wildman–Crippen MR) is 100 cm³/mol. The van der Waals surface area contributed by atoms with Gasteiger partial charge in [-0.1, -0.05) is 0 Å². The molecule has 0 amide bonds. The van der Waals surface area contributed by atoms with Gasteiger partial charge >= 0.3 is 0 Å². The molecule has 2 aromatic carbocycles. The number of pyridine rings is 1. The van der Waals surface area contributed by atoms with Gasteiger partial charge in [0.05, 0.1) is 34.5 Å². The Hall–Kier alpha value is -3.15. The summed E-state index contributed by atoms with van der Waals surface area (Å²) in [4.78, 5) is 13.1. The molecule has 26 heavy (non-hydrogen) atoms. The van der Waals surface area contributed by atoms with Gasteiger partial charge in [0.25, 0.3) is 0 Å². The first-order chi connectivity index (χ1) is 12.2. The minimum Gasteiger partial charge on any atom is -0.506 e. The summed E-state index contributed by atoms with van der Waals surface area (Å²) in [5, 5.41) is 21.4. The van der Waals surface area contributed by atoms with Gasteiger partial charge in [0.1, 0.15) is 17.1 Å². The number of hydrogen-bond acceptors (Lipinski definition) is 5. The molecule has 0 unspecified atom stereocenters. The van der Waals surface area contributed by atoms with E-state index in [9.17, 15) is 15.0 Å². The molecule has 2 heterocycles. The second-order valence-corrected chi connectivity index (χ2v) is 6.97. The number of phenolic OH excluding ortho intramolecular Hbond substituents is 2. The van der Waals surface area contributed by atoms with Gasteiger partial charge < -0.3 is 24.3 Å². The molecule has 1 aliphatic rings. The zero-order chi connectivity index (χ0) is 18.8. The monoisotopic (exact) mass is 353 g/mol. The third-order valence-electron chi connectivity index (χ3n) is 4.79. The van der Waals surface area contributed by atoms with E-state index in [2.05, 4.69) is 0 Å². The maximum absolute atomic E-state index is 13.1. The van der Waals surface area contributed by atoms with E-state index in [1.807, 2.05) is 19.9 Å². The molecule has 0 bridgehead atoms. The number of phenols is 2. The molecule has 6 heteroatoms. The van der Waals surface area contributed by atoms with Crippen molar-refractivity contribution in [3.05, 3.63) is 40.1 Å². The van der Waals surface area contributed by atoms with Crippen LogP contribution in [0.15, 0.2) is 29.1 Å². The lowest BCUT2D eigenvalue weighted by Crippen LogP contribution is -2.27. The lowest BCUT2D eigenvalue weighted by molar-refractivity contribution is 0.158. The van der Waals surface area contributed by atoms with Crippen LogP contribution in [-0.4, -0.2) is 27.5 Å². The Bertz CT molecular complexity index is 1170. The SMILES string of the molecule is COc1c(O)ccc2c(=O)c3c(O)c4c(cc3n(C)c12)OC(C)(C)C=C4. The lowest BCUT2D eigenvalue weighted by Gasteiger charge is -2.29. The lowest BCUT2D eigenvalue weighted by atomic mass is 9.98. The standard InChI is InChI=1S/C20H19NO5/c1-20(2)8-7-10-14(26-20)9-12-15(17(10)23)18(24)11-5-6-13(22)19(25-4)16(11)21(12)3/h5-9,22-23H,1-4H3. The largest absolute Gasteiger partial charge is 0.506 e. The molecule has 0 saturated carbocycles. The Kier molecular flexibility index (Phi) is 3.25. The fraction of sp³-hybridized carbons (Fsp3) is 0.250. The van der Waals surface area contributed by atoms with E-state index in [1.54, 1.807) is 23.8 Å². The maximum atomic E-state index is 13.1. The predicted octanol–water partition coefficient (Wildman–Crippen LogP) is 3.30. The molecule has 0 aliphatic carbocycles. The second-order valence-electron chi connectivity index (χ2n) is 6.97. The first-order valence-electron chi connectivity index (χ1n) is 8.22. The van der Waals surface area contributed by atoms with Gasteiger partial charge in [0.15, 0.2) is 11.5 Å². The molecular weight excluding hydrogens is 334 g/mol. The van der Waals surface area contributed by atoms with E-state index in [4.69, 9.17) is 9.47 Å². The summed E-state index contributed by atoms with van der Waals surface area (Å²) < 4.78 is 13.0. The van der Waals surface area contributed by atoms with Gasteiger partial charge in [-0.2, -0.15) is 0 Å². The van der Waals surface area contributed by atoms with Crippen LogP contribution in [0.2, 0.25) is 0 Å². The van der Waals surface area contributed by atoms with Crippen molar-refractivity contribution in [2.45, 2.75) is 19.4 Å². The fourth-order valence-electron chi connectivity index (χ4n) is 3.52. The van der Waals surface area contributed by atoms with Crippen molar-refractivity contribution in [3.8, 4) is 23.0 Å². The van der Waals surface area contributed by atoms with Crippen molar-refractivity contribution >= 4 is 27.9 Å². The summed E-state index contributed by atoms with van der Waals surface area (Å²) >= 11 is 0. The van der Waals surface area contributed by atoms with Gasteiger partial charge in [0, 0.05) is 13.1 Å². The molecule has 0 atom stereocenters. The Morgan fingerprint density at radius 1 is 1.23 bits per heavy atom. The van der Waals surface area contributed by atoms with Crippen molar-refractivity contribution in [2.24, 2.45) is 7.05 Å². The highest BCUT2D eigenvalue weighted by Crippen LogP contribution is 2.42. The number of methoxy groups -OCH3 is 1. The average molecular weight is 353 g/mol. The maximum Gasteiger partial charge on any atom is 0.201 e. The van der Waals surface area contributed by atoms with Crippen molar-refractivity contribution in [3.63, 3.8) is 0 Å². The first kappa shape index (κ1) is 16.3. The number of aromatic hydroxyl groups is 2. The number of aromatic nitrogens is 1. The Balaban J connectivity index is 2.23. The topological polar surface area (TPSA) is 80.9 Å². The van der Waals surface area contributed by atoms with Gasteiger partial charge in [0.2, 0.25) is 5.43 Å². The van der Waals surface area contributed by atoms with E-state index in [0.717, 1.165) is 0 Å². The molecule has 0 radical (unpaired) electrons. The molecule has 6 nitrogen and oxygen atoms in total. The first-order valence-corrected chi connectivity index (χ1v) is 8.22. The van der Waals surface area contributed by atoms with Crippen LogP contribution in [0, 0.1) is 0 Å². The van der Waals surface area contributed by atoms with Crippen LogP contribution in [0.4, 0.5) is 0 Å². The Morgan fingerprint density at radius 2 is 1.96 bits per heavy atom. The minimum absolute atomic E-state index is 0.0585. The summed E-state index contributed by atoms with van der Waals surface area (Å²) in [6.45, 7) is 3.82. The quantitative estimate of drug-likeness (QED) is 0.656. The highest BCUT2D eigenvalue weighted by atomic mass is 16.5. The summed E-state index contributed by atoms with van der Waals surface area (Å²) in [6.07, 6.45) is 3.61. The third kappa shape index (κ3) is 2.08. The van der Waals surface area contributed by atoms with Gasteiger partial charge in [-0.25, -0.2) is 0 Å². The highest BCUT2D eigenvalue weighted by Gasteiger charge is 2.27. The fourth-order valence-corrected chi connectivity index (χ4v) is 3.52. The summed E-state index contributed by atoms with van der Waals surface area (Å²) in [6, 6.07) is 4.68.